The molecule has 32 heavy (non-hydrogen) atoms. The number of aromatic nitrogens is 4. The molecule has 0 fully saturated rings. The second-order valence-electron chi connectivity index (χ2n) is 7.82. The number of nitrogens with one attached hydrogen (secondary N) is 2. The smallest absolute Gasteiger partial charge is 0.248 e. The Balaban J connectivity index is 1.40. The van der Waals surface area contributed by atoms with Crippen molar-refractivity contribution in [2.45, 2.75) is 26.3 Å². The van der Waals surface area contributed by atoms with Crippen molar-refractivity contribution in [1.82, 2.24) is 24.2 Å². The number of hydrogen-bond acceptors (Lipinski definition) is 8. The number of anilines is 1. The highest BCUT2D eigenvalue weighted by Crippen LogP contribution is 2.22. The molecule has 2 N–H and O–H groups in total. The van der Waals surface area contributed by atoms with E-state index in [1.807, 2.05) is 32.0 Å². The van der Waals surface area contributed by atoms with E-state index in [0.29, 0.717) is 17.6 Å². The van der Waals surface area contributed by atoms with Crippen molar-refractivity contribution >= 4 is 22.6 Å². The number of carbonyl (C=O) groups is 1. The van der Waals surface area contributed by atoms with Gasteiger partial charge in [0, 0.05) is 36.4 Å². The Morgan fingerprint density at radius 1 is 1.28 bits per heavy atom. The minimum absolute atomic E-state index is 0.0222. The molecule has 3 aromatic rings. The maximum Gasteiger partial charge on any atom is 0.248 e. The summed E-state index contributed by atoms with van der Waals surface area (Å²) in [5, 5.41) is 6.89. The van der Waals surface area contributed by atoms with Crippen molar-refractivity contribution in [3.63, 3.8) is 0 Å². The molecule has 0 saturated heterocycles. The van der Waals surface area contributed by atoms with Gasteiger partial charge in [0.05, 0.1) is 0 Å². The summed E-state index contributed by atoms with van der Waals surface area (Å²) in [6.07, 6.45) is 7.44. The molecular formula is C22H26N6O3S. The number of ether oxygens (including phenoxy) is 2. The third kappa shape index (κ3) is 5.44. The second kappa shape index (κ2) is 10.3. The molecule has 0 bridgehead atoms. The molecule has 1 aliphatic heterocycles. The van der Waals surface area contributed by atoms with Crippen LogP contribution in [0.4, 0.5) is 5.13 Å². The van der Waals surface area contributed by atoms with Crippen LogP contribution in [-0.4, -0.2) is 44.2 Å². The van der Waals surface area contributed by atoms with Crippen LogP contribution in [0, 0.1) is 11.8 Å². The van der Waals surface area contributed by atoms with Crippen LogP contribution < -0.4 is 10.6 Å². The lowest BCUT2D eigenvalue weighted by atomic mass is 9.97. The van der Waals surface area contributed by atoms with Gasteiger partial charge in [-0.15, -0.1) is 0 Å². The van der Waals surface area contributed by atoms with E-state index in [9.17, 15) is 4.79 Å². The Labute approximate surface area is 190 Å². The van der Waals surface area contributed by atoms with Gasteiger partial charge < -0.3 is 20.1 Å². The van der Waals surface area contributed by atoms with E-state index < -0.39 is 6.04 Å². The number of amides is 1. The fourth-order valence-corrected chi connectivity index (χ4v) is 4.00. The summed E-state index contributed by atoms with van der Waals surface area (Å²) >= 11 is 1.21. The fourth-order valence-electron chi connectivity index (χ4n) is 3.40. The molecular weight excluding hydrogens is 428 g/mol. The Morgan fingerprint density at radius 2 is 2.12 bits per heavy atom. The van der Waals surface area contributed by atoms with Crippen LogP contribution in [0.3, 0.4) is 0 Å². The Bertz CT molecular complexity index is 1040. The van der Waals surface area contributed by atoms with Gasteiger partial charge in [0.2, 0.25) is 23.8 Å². The van der Waals surface area contributed by atoms with Gasteiger partial charge in [0.15, 0.2) is 0 Å². The van der Waals surface area contributed by atoms with Crippen LogP contribution in [0.15, 0.2) is 61.1 Å². The molecule has 168 valence electrons. The summed E-state index contributed by atoms with van der Waals surface area (Å²) in [7, 11) is 0. The molecule has 0 saturated carbocycles. The molecule has 1 aliphatic rings. The molecule has 0 spiro atoms. The van der Waals surface area contributed by atoms with Gasteiger partial charge in [-0.1, -0.05) is 44.2 Å². The van der Waals surface area contributed by atoms with E-state index in [-0.39, 0.29) is 24.5 Å². The molecule has 4 rings (SSSR count). The molecule has 3 heterocycles. The Morgan fingerprint density at radius 3 is 2.81 bits per heavy atom. The van der Waals surface area contributed by atoms with Crippen molar-refractivity contribution in [3.8, 4) is 5.95 Å². The second-order valence-corrected chi connectivity index (χ2v) is 8.57. The minimum Gasteiger partial charge on any atom is -0.462 e. The summed E-state index contributed by atoms with van der Waals surface area (Å²) in [4.78, 5) is 21.5. The van der Waals surface area contributed by atoms with Crippen molar-refractivity contribution in [2.75, 3.05) is 18.7 Å². The average molecular weight is 455 g/mol. The maximum atomic E-state index is 13.1. The van der Waals surface area contributed by atoms with Gasteiger partial charge in [-0.3, -0.25) is 9.36 Å². The van der Waals surface area contributed by atoms with Gasteiger partial charge in [-0.2, -0.15) is 9.36 Å². The minimum atomic E-state index is -0.453. The summed E-state index contributed by atoms with van der Waals surface area (Å²) in [5.41, 5.74) is 1.17. The Kier molecular flexibility index (Phi) is 7.00. The third-order valence-corrected chi connectivity index (χ3v) is 5.76. The number of benzene rings is 1. The summed E-state index contributed by atoms with van der Waals surface area (Å²) in [6.45, 7) is 4.63. The number of carbonyl (C=O) groups excluding carboxylic acids is 1. The standard InChI is InChI=1S/C22H26N6O3S/c1-15(2)19(25-22-26-21(27-32-22)28-9-8-23-13-28)20(29)24-11-17(18-12-30-14-31-18)10-16-6-4-3-5-7-16/h3-9,12-13,15,17,19H,10-11,14H2,1-2H3,(H,24,29)(H,25,26,27). The van der Waals surface area contributed by atoms with Gasteiger partial charge >= 0.3 is 0 Å². The van der Waals surface area contributed by atoms with Gasteiger partial charge in [0.25, 0.3) is 0 Å². The molecule has 2 unspecified atom stereocenters. The monoisotopic (exact) mass is 454 g/mol. The average Bonchev–Trinajstić information content (AvgIpc) is 3.57. The maximum absolute atomic E-state index is 13.1. The highest BCUT2D eigenvalue weighted by atomic mass is 32.1. The topological polar surface area (TPSA) is 103 Å². The van der Waals surface area contributed by atoms with Crippen LogP contribution in [-0.2, 0) is 20.7 Å². The van der Waals surface area contributed by atoms with Crippen LogP contribution in [0.2, 0.25) is 0 Å². The lowest BCUT2D eigenvalue weighted by Gasteiger charge is -2.23. The molecule has 0 aliphatic carbocycles. The zero-order valence-corrected chi connectivity index (χ0v) is 18.8. The largest absolute Gasteiger partial charge is 0.462 e. The number of hydrogen-bond donors (Lipinski definition) is 2. The van der Waals surface area contributed by atoms with Crippen molar-refractivity contribution in [1.29, 1.82) is 0 Å². The summed E-state index contributed by atoms with van der Waals surface area (Å²) in [5.74, 6) is 1.19. The highest BCUT2D eigenvalue weighted by molar-refractivity contribution is 7.09. The predicted molar refractivity (Wildman–Crippen MR) is 121 cm³/mol. The van der Waals surface area contributed by atoms with Crippen LogP contribution in [0.5, 0.6) is 0 Å². The van der Waals surface area contributed by atoms with Crippen molar-refractivity contribution in [3.05, 3.63) is 66.6 Å². The molecule has 2 aromatic heterocycles. The predicted octanol–water partition coefficient (Wildman–Crippen LogP) is 2.98. The Hall–Kier alpha value is -3.40. The van der Waals surface area contributed by atoms with E-state index in [0.717, 1.165) is 12.2 Å². The van der Waals surface area contributed by atoms with Gasteiger partial charge in [-0.25, -0.2) is 4.98 Å². The highest BCUT2D eigenvalue weighted by Gasteiger charge is 2.26. The zero-order valence-electron chi connectivity index (χ0n) is 18.0. The number of nitrogens with zero attached hydrogens (tertiary/aromatic N) is 4. The summed E-state index contributed by atoms with van der Waals surface area (Å²) in [6, 6.07) is 9.67. The molecule has 2 atom stereocenters. The zero-order chi connectivity index (χ0) is 22.3. The van der Waals surface area contributed by atoms with E-state index in [1.165, 1.54) is 17.1 Å². The molecule has 0 radical (unpaired) electrons. The van der Waals surface area contributed by atoms with E-state index in [2.05, 4.69) is 37.1 Å². The molecule has 10 heteroatoms. The van der Waals surface area contributed by atoms with E-state index in [4.69, 9.17) is 9.47 Å². The summed E-state index contributed by atoms with van der Waals surface area (Å²) < 4.78 is 16.9. The first-order valence-electron chi connectivity index (χ1n) is 10.4. The van der Waals surface area contributed by atoms with Crippen LogP contribution >= 0.6 is 11.5 Å². The quantitative estimate of drug-likeness (QED) is 0.485. The fraction of sp³-hybridized carbons (Fsp3) is 0.364. The lowest BCUT2D eigenvalue weighted by molar-refractivity contribution is -0.122. The van der Waals surface area contributed by atoms with Crippen molar-refractivity contribution < 1.29 is 14.3 Å². The lowest BCUT2D eigenvalue weighted by Crippen LogP contribution is -2.45. The van der Waals surface area contributed by atoms with Crippen LogP contribution in [0.1, 0.15) is 19.4 Å². The number of imidazole rings is 1. The van der Waals surface area contributed by atoms with E-state index >= 15 is 0 Å². The van der Waals surface area contributed by atoms with Crippen molar-refractivity contribution in [2.24, 2.45) is 11.8 Å². The first kappa shape index (κ1) is 21.8. The third-order valence-electron chi connectivity index (χ3n) is 5.12. The first-order chi connectivity index (χ1) is 15.6. The first-order valence-corrected chi connectivity index (χ1v) is 11.2. The SMILES string of the molecule is CC(C)C(Nc1nc(-n2ccnc2)ns1)C(=O)NCC(Cc1ccccc1)C1=COCO1. The van der Waals surface area contributed by atoms with Gasteiger partial charge in [0.1, 0.15) is 24.4 Å². The van der Waals surface area contributed by atoms with E-state index in [1.54, 1.807) is 29.6 Å². The number of rotatable bonds is 10. The molecule has 1 amide bonds. The van der Waals surface area contributed by atoms with Crippen LogP contribution in [0.25, 0.3) is 5.95 Å². The van der Waals surface area contributed by atoms with Gasteiger partial charge in [-0.05, 0) is 17.9 Å². The molecule has 1 aromatic carbocycles. The molecule has 9 nitrogen and oxygen atoms in total. The normalized spacial score (nSPS) is 14.9.